The normalized spacial score (nSPS) is 21.1. The molecule has 2 aliphatic heterocycles. The summed E-state index contributed by atoms with van der Waals surface area (Å²) < 4.78 is 0.881. The lowest BCUT2D eigenvalue weighted by atomic mass is 10.1. The lowest BCUT2D eigenvalue weighted by molar-refractivity contribution is -0.117. The Morgan fingerprint density at radius 2 is 2.10 bits per heavy atom. The van der Waals surface area contributed by atoms with Gasteiger partial charge >= 0.3 is 0 Å². The van der Waals surface area contributed by atoms with Crippen LogP contribution < -0.4 is 10.2 Å². The minimum Gasteiger partial charge on any atom is -0.394 e. The van der Waals surface area contributed by atoms with Crippen LogP contribution >= 0.6 is 27.3 Å². The third-order valence-corrected chi connectivity index (χ3v) is 7.48. The molecule has 164 valence electrons. The molecule has 2 N–H and O–H groups in total. The Kier molecular flexibility index (Phi) is 6.45. The molecular formula is C22H24BrN3O4S. The van der Waals surface area contributed by atoms with Gasteiger partial charge in [0.15, 0.2) is 0 Å². The van der Waals surface area contributed by atoms with Crippen molar-refractivity contribution in [1.29, 1.82) is 0 Å². The van der Waals surface area contributed by atoms with Gasteiger partial charge in [-0.25, -0.2) is 0 Å². The van der Waals surface area contributed by atoms with Crippen LogP contribution in [0.4, 0.5) is 5.69 Å². The molecule has 0 saturated carbocycles. The molecule has 1 aromatic heterocycles. The number of hydrogen-bond acceptors (Lipinski definition) is 5. The van der Waals surface area contributed by atoms with Gasteiger partial charge in [0.05, 0.1) is 27.4 Å². The van der Waals surface area contributed by atoms with Crippen LogP contribution in [0.1, 0.15) is 44.9 Å². The Morgan fingerprint density at radius 3 is 2.77 bits per heavy atom. The van der Waals surface area contributed by atoms with E-state index in [0.717, 1.165) is 27.9 Å². The van der Waals surface area contributed by atoms with Crippen molar-refractivity contribution >= 4 is 50.7 Å². The number of aryl methyl sites for hydroxylation is 1. The molecule has 0 spiro atoms. The molecule has 0 aliphatic carbocycles. The lowest BCUT2D eigenvalue weighted by Gasteiger charge is -2.24. The van der Waals surface area contributed by atoms with Crippen LogP contribution in [0.3, 0.4) is 0 Å². The predicted molar refractivity (Wildman–Crippen MR) is 123 cm³/mol. The average Bonchev–Trinajstić information content (AvgIpc) is 3.47. The topological polar surface area (TPSA) is 90.0 Å². The van der Waals surface area contributed by atoms with E-state index in [-0.39, 0.29) is 42.8 Å². The van der Waals surface area contributed by atoms with E-state index >= 15 is 0 Å². The molecule has 2 atom stereocenters. The smallest absolute Gasteiger partial charge is 0.261 e. The average molecular weight is 506 g/mol. The maximum atomic E-state index is 12.9. The van der Waals surface area contributed by atoms with Gasteiger partial charge in [-0.1, -0.05) is 0 Å². The van der Waals surface area contributed by atoms with E-state index in [0.29, 0.717) is 23.5 Å². The monoisotopic (exact) mass is 505 g/mol. The highest BCUT2D eigenvalue weighted by molar-refractivity contribution is 9.11. The zero-order valence-electron chi connectivity index (χ0n) is 17.1. The van der Waals surface area contributed by atoms with Crippen LogP contribution in [0.25, 0.3) is 0 Å². The fourth-order valence-corrected chi connectivity index (χ4v) is 5.54. The summed E-state index contributed by atoms with van der Waals surface area (Å²) in [5.74, 6) is -0.326. The molecule has 1 unspecified atom stereocenters. The summed E-state index contributed by atoms with van der Waals surface area (Å²) in [6, 6.07) is 8.56. The Balaban J connectivity index is 1.45. The lowest BCUT2D eigenvalue weighted by Crippen LogP contribution is -2.38. The Bertz CT molecular complexity index is 1020. The van der Waals surface area contributed by atoms with Crippen molar-refractivity contribution in [2.75, 3.05) is 24.6 Å². The van der Waals surface area contributed by atoms with Gasteiger partial charge in [0.2, 0.25) is 5.91 Å². The number of amides is 3. The Morgan fingerprint density at radius 1 is 1.29 bits per heavy atom. The molecule has 31 heavy (non-hydrogen) atoms. The number of likely N-dealkylation sites (tertiary alicyclic amines) is 1. The van der Waals surface area contributed by atoms with Gasteiger partial charge in [-0.05, 0) is 71.6 Å². The fraction of sp³-hybridized carbons (Fsp3) is 0.409. The molecule has 2 fully saturated rings. The second kappa shape index (κ2) is 9.10. The largest absolute Gasteiger partial charge is 0.394 e. The number of hydrogen-bond donors (Lipinski definition) is 2. The zero-order valence-corrected chi connectivity index (χ0v) is 19.5. The van der Waals surface area contributed by atoms with Crippen LogP contribution in [0, 0.1) is 6.92 Å². The van der Waals surface area contributed by atoms with Crippen LogP contribution in [-0.2, 0) is 4.79 Å². The van der Waals surface area contributed by atoms with E-state index in [1.807, 2.05) is 19.1 Å². The summed E-state index contributed by atoms with van der Waals surface area (Å²) in [7, 11) is 0. The number of nitrogens with one attached hydrogen (secondary N) is 1. The fourth-order valence-electron chi connectivity index (χ4n) is 4.25. The number of nitrogens with zero attached hydrogens (tertiary/aromatic N) is 2. The van der Waals surface area contributed by atoms with Crippen molar-refractivity contribution in [3.05, 3.63) is 50.1 Å². The van der Waals surface area contributed by atoms with Crippen LogP contribution in [-0.4, -0.2) is 59.5 Å². The van der Waals surface area contributed by atoms with Gasteiger partial charge in [-0.3, -0.25) is 14.4 Å². The summed E-state index contributed by atoms with van der Waals surface area (Å²) in [4.78, 5) is 41.9. The number of aliphatic hydroxyl groups is 1. The first-order valence-corrected chi connectivity index (χ1v) is 11.9. The number of rotatable bonds is 5. The number of carbonyl (C=O) groups is 3. The Hall–Kier alpha value is -2.23. The second-order valence-corrected chi connectivity index (χ2v) is 10.4. The predicted octanol–water partition coefficient (Wildman–Crippen LogP) is 2.95. The first kappa shape index (κ1) is 22.0. The highest BCUT2D eigenvalue weighted by atomic mass is 79.9. The number of carbonyl (C=O) groups excluding carboxylic acids is 3. The molecule has 3 heterocycles. The highest BCUT2D eigenvalue weighted by Gasteiger charge is 2.33. The van der Waals surface area contributed by atoms with Gasteiger partial charge < -0.3 is 20.2 Å². The van der Waals surface area contributed by atoms with E-state index in [2.05, 4.69) is 21.2 Å². The number of aliphatic hydroxyl groups excluding tert-OH is 1. The summed E-state index contributed by atoms with van der Waals surface area (Å²) in [6.45, 7) is 2.87. The summed E-state index contributed by atoms with van der Waals surface area (Å²) in [5, 5.41) is 12.4. The molecular weight excluding hydrogens is 482 g/mol. The third-order valence-electron chi connectivity index (χ3n) is 5.86. The highest BCUT2D eigenvalue weighted by Crippen LogP contribution is 2.27. The van der Waals surface area contributed by atoms with E-state index < -0.39 is 0 Å². The van der Waals surface area contributed by atoms with E-state index in [1.165, 1.54) is 11.3 Å². The van der Waals surface area contributed by atoms with Crippen LogP contribution in [0.5, 0.6) is 0 Å². The van der Waals surface area contributed by atoms with Crippen molar-refractivity contribution in [3.8, 4) is 0 Å². The second-order valence-electron chi connectivity index (χ2n) is 7.96. The first-order chi connectivity index (χ1) is 14.9. The molecule has 2 aromatic rings. The molecule has 0 bridgehead atoms. The van der Waals surface area contributed by atoms with Crippen molar-refractivity contribution in [3.63, 3.8) is 0 Å². The van der Waals surface area contributed by atoms with Crippen molar-refractivity contribution in [2.24, 2.45) is 0 Å². The minimum absolute atomic E-state index is 0.0271. The molecule has 2 aliphatic rings. The van der Waals surface area contributed by atoms with Crippen molar-refractivity contribution < 1.29 is 19.5 Å². The van der Waals surface area contributed by atoms with E-state index in [9.17, 15) is 19.5 Å². The standard InChI is InChI=1S/C22H24BrN3O4S/c1-13-9-15(4-5-17(13)22(30)25-8-2-3-16(25)12-27)26-11-14(10-20(26)28)24-21(29)18-6-7-19(23)31-18/h4-7,9,14,16,27H,2-3,8,10-12H2,1H3,(H,24,29)/t14?,16-/m0/s1. The van der Waals surface area contributed by atoms with Gasteiger partial charge in [0.1, 0.15) is 0 Å². The van der Waals surface area contributed by atoms with E-state index in [1.54, 1.807) is 28.0 Å². The Labute approximate surface area is 193 Å². The molecule has 9 heteroatoms. The summed E-state index contributed by atoms with van der Waals surface area (Å²) in [6.07, 6.45) is 1.95. The number of thiophene rings is 1. The molecule has 4 rings (SSSR count). The molecule has 1 aromatic carbocycles. The maximum Gasteiger partial charge on any atom is 0.261 e. The quantitative estimate of drug-likeness (QED) is 0.653. The van der Waals surface area contributed by atoms with Crippen LogP contribution in [0.2, 0.25) is 0 Å². The van der Waals surface area contributed by atoms with Gasteiger partial charge in [0, 0.05) is 30.8 Å². The van der Waals surface area contributed by atoms with Gasteiger partial charge in [-0.2, -0.15) is 0 Å². The maximum absolute atomic E-state index is 12.9. The number of benzene rings is 1. The number of halogens is 1. The molecule has 3 amide bonds. The van der Waals surface area contributed by atoms with Crippen molar-refractivity contribution in [2.45, 2.75) is 38.3 Å². The summed E-state index contributed by atoms with van der Waals surface area (Å²) >= 11 is 4.70. The zero-order chi connectivity index (χ0) is 22.1. The molecule has 2 saturated heterocycles. The molecule has 7 nitrogen and oxygen atoms in total. The third kappa shape index (κ3) is 4.53. The minimum atomic E-state index is -0.266. The summed E-state index contributed by atoms with van der Waals surface area (Å²) in [5.41, 5.74) is 2.09. The van der Waals surface area contributed by atoms with Crippen molar-refractivity contribution in [1.82, 2.24) is 10.2 Å². The van der Waals surface area contributed by atoms with Crippen LogP contribution in [0.15, 0.2) is 34.1 Å². The first-order valence-electron chi connectivity index (χ1n) is 10.3. The SMILES string of the molecule is Cc1cc(N2CC(NC(=O)c3ccc(Br)s3)CC2=O)ccc1C(=O)N1CCC[C@H]1CO. The van der Waals surface area contributed by atoms with Gasteiger partial charge in [0.25, 0.3) is 11.8 Å². The van der Waals surface area contributed by atoms with Gasteiger partial charge in [-0.15, -0.1) is 11.3 Å². The van der Waals surface area contributed by atoms with E-state index in [4.69, 9.17) is 0 Å². The molecule has 0 radical (unpaired) electrons. The number of anilines is 1.